The van der Waals surface area contributed by atoms with E-state index < -0.39 is 22.9 Å². The number of nitrogens with one attached hydrogen (secondary N) is 1. The predicted molar refractivity (Wildman–Crippen MR) is 122 cm³/mol. The van der Waals surface area contributed by atoms with Gasteiger partial charge in [-0.3, -0.25) is 19.3 Å². The van der Waals surface area contributed by atoms with Crippen molar-refractivity contribution < 1.29 is 33.0 Å². The van der Waals surface area contributed by atoms with Gasteiger partial charge in [0.25, 0.3) is 17.1 Å². The molecular weight excluding hydrogens is 451 g/mol. The quantitative estimate of drug-likeness (QED) is 0.527. The largest absolute Gasteiger partial charge is 0.493 e. The molecule has 0 atom stereocenters. The third-order valence-electron chi connectivity index (χ3n) is 4.51. The number of carbonyl (C=O) groups is 3. The molecule has 0 unspecified atom stereocenters. The number of para-hydroxylation sites is 1. The highest BCUT2D eigenvalue weighted by Crippen LogP contribution is 2.34. The molecule has 1 saturated heterocycles. The Morgan fingerprint density at radius 2 is 1.91 bits per heavy atom. The van der Waals surface area contributed by atoms with E-state index in [9.17, 15) is 18.8 Å². The maximum absolute atomic E-state index is 13.5. The lowest BCUT2D eigenvalue weighted by molar-refractivity contribution is -0.125. The monoisotopic (exact) mass is 474 g/mol. The van der Waals surface area contributed by atoms with Crippen LogP contribution < -0.4 is 19.5 Å². The fraction of sp³-hybridized carbons (Fsp3) is 0.261. The Morgan fingerprint density at radius 1 is 1.12 bits per heavy atom. The zero-order valence-electron chi connectivity index (χ0n) is 18.1. The number of amides is 3. The first-order valence-electron chi connectivity index (χ1n) is 10.1. The van der Waals surface area contributed by atoms with Crippen molar-refractivity contribution in [2.24, 2.45) is 0 Å². The van der Waals surface area contributed by atoms with Crippen LogP contribution in [-0.2, 0) is 9.59 Å². The maximum atomic E-state index is 13.5. The number of nitrogens with zero attached hydrogens (tertiary/aromatic N) is 1. The van der Waals surface area contributed by atoms with Crippen LogP contribution in [0.25, 0.3) is 6.08 Å². The van der Waals surface area contributed by atoms with Gasteiger partial charge in [-0.1, -0.05) is 18.2 Å². The Morgan fingerprint density at radius 3 is 2.64 bits per heavy atom. The molecule has 174 valence electrons. The molecular formula is C23H23FN2O6S. The van der Waals surface area contributed by atoms with Crippen molar-refractivity contribution in [3.8, 4) is 17.2 Å². The highest BCUT2D eigenvalue weighted by molar-refractivity contribution is 8.18. The van der Waals surface area contributed by atoms with Gasteiger partial charge in [-0.05, 0) is 54.6 Å². The minimum absolute atomic E-state index is 0.0000434. The molecule has 0 spiro atoms. The van der Waals surface area contributed by atoms with E-state index in [-0.39, 0.29) is 30.4 Å². The first kappa shape index (κ1) is 24.1. The summed E-state index contributed by atoms with van der Waals surface area (Å²) in [6.45, 7) is 2.01. The number of benzene rings is 2. The molecule has 10 heteroatoms. The van der Waals surface area contributed by atoms with Gasteiger partial charge < -0.3 is 19.5 Å². The summed E-state index contributed by atoms with van der Waals surface area (Å²) >= 11 is 0.820. The van der Waals surface area contributed by atoms with Crippen molar-refractivity contribution in [2.45, 2.75) is 6.92 Å². The molecule has 1 N–H and O–H groups in total. The molecule has 0 radical (unpaired) electrons. The summed E-state index contributed by atoms with van der Waals surface area (Å²) in [5.41, 5.74) is 0.680. The lowest BCUT2D eigenvalue weighted by Crippen LogP contribution is -2.38. The Bertz CT molecular complexity index is 1070. The molecule has 1 heterocycles. The molecule has 0 bridgehead atoms. The Hall–Kier alpha value is -3.53. The minimum Gasteiger partial charge on any atom is -0.493 e. The molecule has 33 heavy (non-hydrogen) atoms. The van der Waals surface area contributed by atoms with Gasteiger partial charge in [0.1, 0.15) is 0 Å². The number of hydrogen-bond donors (Lipinski definition) is 1. The number of ether oxygens (including phenoxy) is 3. The predicted octanol–water partition coefficient (Wildman–Crippen LogP) is 3.46. The van der Waals surface area contributed by atoms with Crippen LogP contribution >= 0.6 is 11.8 Å². The number of hydrogen-bond acceptors (Lipinski definition) is 7. The highest BCUT2D eigenvalue weighted by atomic mass is 32.2. The van der Waals surface area contributed by atoms with Crippen molar-refractivity contribution >= 4 is 34.9 Å². The smallest absolute Gasteiger partial charge is 0.293 e. The summed E-state index contributed by atoms with van der Waals surface area (Å²) in [6, 6.07) is 11.0. The van der Waals surface area contributed by atoms with Gasteiger partial charge in [0, 0.05) is 13.1 Å². The SMILES string of the molecule is CCOc1ccc(/C=C2\SC(=O)N(CCNC(=O)COc3ccccc3F)C2=O)cc1OC. The number of rotatable bonds is 10. The van der Waals surface area contributed by atoms with E-state index in [0.717, 1.165) is 16.7 Å². The number of carbonyl (C=O) groups excluding carboxylic acids is 3. The van der Waals surface area contributed by atoms with Crippen LogP contribution in [-0.4, -0.2) is 55.4 Å². The average molecular weight is 475 g/mol. The van der Waals surface area contributed by atoms with Gasteiger partial charge in [0.15, 0.2) is 29.7 Å². The third kappa shape index (κ3) is 6.26. The molecule has 8 nitrogen and oxygen atoms in total. The molecule has 3 amide bonds. The summed E-state index contributed by atoms with van der Waals surface area (Å²) in [5, 5.41) is 2.12. The van der Waals surface area contributed by atoms with Crippen molar-refractivity contribution in [3.63, 3.8) is 0 Å². The summed E-state index contributed by atoms with van der Waals surface area (Å²) < 4.78 is 29.4. The maximum Gasteiger partial charge on any atom is 0.293 e. The topological polar surface area (TPSA) is 94.2 Å². The van der Waals surface area contributed by atoms with Crippen LogP contribution in [0.4, 0.5) is 9.18 Å². The Kier molecular flexibility index (Phi) is 8.31. The van der Waals surface area contributed by atoms with Gasteiger partial charge in [-0.25, -0.2) is 4.39 Å². The van der Waals surface area contributed by atoms with Gasteiger partial charge in [-0.2, -0.15) is 0 Å². The second-order valence-electron chi connectivity index (χ2n) is 6.75. The summed E-state index contributed by atoms with van der Waals surface area (Å²) in [7, 11) is 1.52. The first-order chi connectivity index (χ1) is 15.9. The Labute approximate surface area is 194 Å². The zero-order chi connectivity index (χ0) is 23.8. The lowest BCUT2D eigenvalue weighted by Gasteiger charge is -2.13. The summed E-state index contributed by atoms with van der Waals surface area (Å²) in [5.74, 6) is -0.447. The van der Waals surface area contributed by atoms with Crippen LogP contribution in [0, 0.1) is 5.82 Å². The minimum atomic E-state index is -0.569. The first-order valence-corrected chi connectivity index (χ1v) is 10.9. The van der Waals surface area contributed by atoms with Gasteiger partial charge in [0.2, 0.25) is 0 Å². The molecule has 1 aliphatic rings. The summed E-state index contributed by atoms with van der Waals surface area (Å²) in [6.07, 6.45) is 1.60. The van der Waals surface area contributed by atoms with Crippen LogP contribution in [0.3, 0.4) is 0 Å². The van der Waals surface area contributed by atoms with Crippen LogP contribution in [0.5, 0.6) is 17.2 Å². The van der Waals surface area contributed by atoms with Crippen molar-refractivity contribution in [1.29, 1.82) is 0 Å². The van der Waals surface area contributed by atoms with Gasteiger partial charge >= 0.3 is 0 Å². The zero-order valence-corrected chi connectivity index (χ0v) is 18.9. The van der Waals surface area contributed by atoms with E-state index in [1.165, 1.54) is 25.3 Å². The summed E-state index contributed by atoms with van der Waals surface area (Å²) in [4.78, 5) is 38.2. The van der Waals surface area contributed by atoms with Crippen LogP contribution in [0.1, 0.15) is 12.5 Å². The third-order valence-corrected chi connectivity index (χ3v) is 5.42. The fourth-order valence-corrected chi connectivity index (χ4v) is 3.82. The van der Waals surface area contributed by atoms with Crippen LogP contribution in [0.2, 0.25) is 0 Å². The fourth-order valence-electron chi connectivity index (χ4n) is 2.96. The second kappa shape index (κ2) is 11.4. The second-order valence-corrected chi connectivity index (χ2v) is 7.74. The Balaban J connectivity index is 1.53. The van der Waals surface area contributed by atoms with Crippen molar-refractivity contribution in [2.75, 3.05) is 33.4 Å². The van der Waals surface area contributed by atoms with E-state index >= 15 is 0 Å². The van der Waals surface area contributed by atoms with Crippen molar-refractivity contribution in [3.05, 3.63) is 58.8 Å². The van der Waals surface area contributed by atoms with E-state index in [1.54, 1.807) is 30.3 Å². The molecule has 0 aliphatic carbocycles. The van der Waals surface area contributed by atoms with Gasteiger partial charge in [-0.15, -0.1) is 0 Å². The normalized spacial score (nSPS) is 14.5. The molecule has 3 rings (SSSR count). The molecule has 0 saturated carbocycles. The molecule has 1 aliphatic heterocycles. The van der Waals surface area contributed by atoms with E-state index in [4.69, 9.17) is 14.2 Å². The lowest BCUT2D eigenvalue weighted by atomic mass is 10.2. The highest BCUT2D eigenvalue weighted by Gasteiger charge is 2.34. The van der Waals surface area contributed by atoms with E-state index in [2.05, 4.69) is 5.32 Å². The number of methoxy groups -OCH3 is 1. The average Bonchev–Trinajstić information content (AvgIpc) is 3.07. The van der Waals surface area contributed by atoms with E-state index in [1.807, 2.05) is 6.92 Å². The molecule has 0 aromatic heterocycles. The van der Waals surface area contributed by atoms with Crippen molar-refractivity contribution in [1.82, 2.24) is 10.2 Å². The standard InChI is InChI=1S/C23H23FN2O6S/c1-3-31-18-9-8-15(12-19(18)30-2)13-20-22(28)26(23(29)33-20)11-10-25-21(27)14-32-17-7-5-4-6-16(17)24/h4-9,12-13H,3,10-11,14H2,1-2H3,(H,25,27)/b20-13-. The molecule has 1 fully saturated rings. The molecule has 2 aromatic carbocycles. The molecule has 2 aromatic rings. The van der Waals surface area contributed by atoms with Crippen LogP contribution in [0.15, 0.2) is 47.4 Å². The number of thioether (sulfide) groups is 1. The van der Waals surface area contributed by atoms with E-state index in [0.29, 0.717) is 23.7 Å². The van der Waals surface area contributed by atoms with Gasteiger partial charge in [0.05, 0.1) is 18.6 Å². The number of halogens is 1. The number of imide groups is 1.